The second kappa shape index (κ2) is 18.0. The number of carbonyl (C=O) groups is 2. The maximum atomic E-state index is 12.5. The van der Waals surface area contributed by atoms with E-state index in [1.165, 1.54) is 30.2 Å². The van der Waals surface area contributed by atoms with Gasteiger partial charge < -0.3 is 31.7 Å². The summed E-state index contributed by atoms with van der Waals surface area (Å²) in [5, 5.41) is 13.0. The SMILES string of the molecule is CN(C)C(=N)N=C(N)N.COc1ccc(Cl)cc1C(=O)NCCc1ccc(S(=O)(=O)NC(=O)NC2CCCCC2)cc1.Cl. The lowest BCUT2D eigenvalue weighted by Gasteiger charge is -2.22. The molecule has 1 saturated carbocycles. The minimum atomic E-state index is -3.97. The summed E-state index contributed by atoms with van der Waals surface area (Å²) in [5.74, 6) is 0.0666. The fourth-order valence-corrected chi connectivity index (χ4v) is 5.06. The number of nitrogens with two attached hydrogens (primary N) is 2. The summed E-state index contributed by atoms with van der Waals surface area (Å²) in [5.41, 5.74) is 11.2. The second-order valence-electron chi connectivity index (χ2n) is 9.66. The molecule has 0 atom stereocenters. The van der Waals surface area contributed by atoms with E-state index in [0.717, 1.165) is 37.7 Å². The summed E-state index contributed by atoms with van der Waals surface area (Å²) < 4.78 is 32.2. The maximum absolute atomic E-state index is 12.5. The number of hydrogen-bond donors (Lipinski definition) is 6. The van der Waals surface area contributed by atoms with Crippen LogP contribution in [-0.4, -0.2) is 71.0 Å². The molecule has 3 amide bonds. The highest BCUT2D eigenvalue weighted by molar-refractivity contribution is 7.90. The van der Waals surface area contributed by atoms with Crippen LogP contribution >= 0.6 is 24.0 Å². The molecule has 0 unspecified atom stereocenters. The van der Waals surface area contributed by atoms with Crippen LogP contribution in [0.3, 0.4) is 0 Å². The summed E-state index contributed by atoms with van der Waals surface area (Å²) >= 11 is 5.96. The van der Waals surface area contributed by atoms with Gasteiger partial charge in [0, 0.05) is 31.7 Å². The van der Waals surface area contributed by atoms with E-state index in [9.17, 15) is 18.0 Å². The minimum absolute atomic E-state index is 0. The normalized spacial score (nSPS) is 12.7. The van der Waals surface area contributed by atoms with Crippen molar-refractivity contribution in [1.29, 1.82) is 5.41 Å². The van der Waals surface area contributed by atoms with Gasteiger partial charge >= 0.3 is 6.03 Å². The first-order chi connectivity index (χ1) is 19.8. The van der Waals surface area contributed by atoms with E-state index >= 15 is 0 Å². The van der Waals surface area contributed by atoms with Crippen LogP contribution in [0.2, 0.25) is 5.02 Å². The van der Waals surface area contributed by atoms with Crippen LogP contribution in [0.1, 0.15) is 48.0 Å². The lowest BCUT2D eigenvalue weighted by Crippen LogP contribution is -2.45. The molecule has 0 heterocycles. The van der Waals surface area contributed by atoms with E-state index in [0.29, 0.717) is 29.3 Å². The zero-order valence-electron chi connectivity index (χ0n) is 24.4. The molecule has 8 N–H and O–H groups in total. The van der Waals surface area contributed by atoms with Gasteiger partial charge in [0.25, 0.3) is 15.9 Å². The van der Waals surface area contributed by atoms with Gasteiger partial charge in [0.1, 0.15) is 5.75 Å². The highest BCUT2D eigenvalue weighted by Crippen LogP contribution is 2.22. The van der Waals surface area contributed by atoms with Crippen molar-refractivity contribution in [3.63, 3.8) is 0 Å². The molecule has 13 nitrogen and oxygen atoms in total. The molecule has 43 heavy (non-hydrogen) atoms. The Morgan fingerprint density at radius 2 is 1.72 bits per heavy atom. The van der Waals surface area contributed by atoms with Crippen molar-refractivity contribution in [2.75, 3.05) is 27.7 Å². The summed E-state index contributed by atoms with van der Waals surface area (Å²) in [6.45, 7) is 0.336. The van der Waals surface area contributed by atoms with Crippen LogP contribution in [0.4, 0.5) is 4.79 Å². The zero-order chi connectivity index (χ0) is 31.3. The quantitative estimate of drug-likeness (QED) is 0.183. The molecule has 1 fully saturated rings. The third-order valence-electron chi connectivity index (χ3n) is 6.17. The molecular weight excluding hydrogens is 619 g/mol. The molecule has 0 spiro atoms. The number of nitrogens with one attached hydrogen (secondary N) is 4. The predicted octanol–water partition coefficient (Wildman–Crippen LogP) is 2.82. The van der Waals surface area contributed by atoms with Crippen molar-refractivity contribution in [2.24, 2.45) is 16.5 Å². The molecule has 1 aliphatic rings. The van der Waals surface area contributed by atoms with Crippen LogP contribution < -0.4 is 31.6 Å². The molecule has 2 aromatic rings. The van der Waals surface area contributed by atoms with Crippen molar-refractivity contribution < 1.29 is 22.7 Å². The van der Waals surface area contributed by atoms with Gasteiger partial charge in [-0.25, -0.2) is 17.9 Å². The van der Waals surface area contributed by atoms with Crippen LogP contribution in [0, 0.1) is 5.41 Å². The Kier molecular flexibility index (Phi) is 15.6. The zero-order valence-corrected chi connectivity index (χ0v) is 26.7. The average Bonchev–Trinajstić information content (AvgIpc) is 2.93. The monoisotopic (exact) mass is 658 g/mol. The van der Waals surface area contributed by atoms with Gasteiger partial charge in [-0.3, -0.25) is 10.2 Å². The molecule has 0 radical (unpaired) electrons. The van der Waals surface area contributed by atoms with Crippen LogP contribution in [-0.2, 0) is 16.4 Å². The van der Waals surface area contributed by atoms with Crippen molar-refractivity contribution in [3.05, 3.63) is 58.6 Å². The van der Waals surface area contributed by atoms with Gasteiger partial charge in [-0.05, 0) is 55.2 Å². The number of guanidine groups is 2. The lowest BCUT2D eigenvalue weighted by atomic mass is 9.96. The first-order valence-corrected chi connectivity index (χ1v) is 15.1. The van der Waals surface area contributed by atoms with Crippen molar-refractivity contribution >= 4 is 57.9 Å². The highest BCUT2D eigenvalue weighted by atomic mass is 35.5. The highest BCUT2D eigenvalue weighted by Gasteiger charge is 2.21. The number of ether oxygens (including phenoxy) is 1. The molecule has 0 saturated heterocycles. The lowest BCUT2D eigenvalue weighted by molar-refractivity contribution is 0.0951. The van der Waals surface area contributed by atoms with Crippen LogP contribution in [0.25, 0.3) is 0 Å². The Hall–Kier alpha value is -3.75. The van der Waals surface area contributed by atoms with E-state index in [1.54, 1.807) is 38.4 Å². The van der Waals surface area contributed by atoms with E-state index in [-0.39, 0.29) is 41.2 Å². The average molecular weight is 660 g/mol. The van der Waals surface area contributed by atoms with Crippen molar-refractivity contribution in [2.45, 2.75) is 49.5 Å². The van der Waals surface area contributed by atoms with Gasteiger partial charge in [-0.1, -0.05) is 43.0 Å². The largest absolute Gasteiger partial charge is 0.496 e. The Balaban J connectivity index is 0.000000803. The number of sulfonamides is 1. The molecule has 0 aromatic heterocycles. The fraction of sp³-hybridized carbons (Fsp3) is 0.407. The van der Waals surface area contributed by atoms with Crippen molar-refractivity contribution in [1.82, 2.24) is 20.3 Å². The number of carbonyl (C=O) groups excluding carboxylic acids is 2. The number of benzene rings is 2. The molecular formula is C27H40Cl2N8O5S. The van der Waals surface area contributed by atoms with Crippen molar-refractivity contribution in [3.8, 4) is 5.75 Å². The third-order valence-corrected chi connectivity index (χ3v) is 7.75. The third kappa shape index (κ3) is 13.0. The van der Waals surface area contributed by atoms with Gasteiger partial charge in [-0.2, -0.15) is 4.99 Å². The number of nitrogens with zero attached hydrogens (tertiary/aromatic N) is 2. The smallest absolute Gasteiger partial charge is 0.328 e. The van der Waals surface area contributed by atoms with E-state index in [1.807, 2.05) is 0 Å². The summed E-state index contributed by atoms with van der Waals surface area (Å²) in [6.07, 6.45) is 5.43. The van der Waals surface area contributed by atoms with Gasteiger partial charge in [0.05, 0.1) is 17.6 Å². The first-order valence-electron chi connectivity index (χ1n) is 13.2. The number of aliphatic imine (C=N–C) groups is 1. The fourth-order valence-electron chi connectivity index (χ4n) is 3.97. The summed E-state index contributed by atoms with van der Waals surface area (Å²) in [7, 11) is 0.888. The maximum Gasteiger partial charge on any atom is 0.328 e. The second-order valence-corrected chi connectivity index (χ2v) is 11.8. The summed E-state index contributed by atoms with van der Waals surface area (Å²) in [4.78, 5) is 29.5. The van der Waals surface area contributed by atoms with E-state index in [4.69, 9.17) is 33.2 Å². The number of hydrogen-bond acceptors (Lipinski definition) is 6. The van der Waals surface area contributed by atoms with Gasteiger partial charge in [0.2, 0.25) is 5.96 Å². The number of halogens is 2. The first kappa shape index (κ1) is 37.3. The predicted molar refractivity (Wildman–Crippen MR) is 171 cm³/mol. The number of urea groups is 1. The van der Waals surface area contributed by atoms with Crippen LogP contribution in [0.5, 0.6) is 5.75 Å². The molecule has 0 bridgehead atoms. The Morgan fingerprint density at radius 1 is 1.09 bits per heavy atom. The Morgan fingerprint density at radius 3 is 2.26 bits per heavy atom. The van der Waals surface area contributed by atoms with Gasteiger partial charge in [-0.15, -0.1) is 12.4 Å². The minimum Gasteiger partial charge on any atom is -0.496 e. The molecule has 0 aliphatic heterocycles. The van der Waals surface area contributed by atoms with Crippen LogP contribution in [0.15, 0.2) is 52.4 Å². The number of amides is 3. The molecule has 2 aromatic carbocycles. The molecule has 3 rings (SSSR count). The summed E-state index contributed by atoms with van der Waals surface area (Å²) in [6, 6.07) is 10.3. The number of rotatable bonds is 8. The molecule has 238 valence electrons. The van der Waals surface area contributed by atoms with E-state index < -0.39 is 16.1 Å². The topological polar surface area (TPSA) is 205 Å². The standard InChI is InChI=1S/C23H28ClN3O5S.C4H11N5.ClH/c1-32-21-12-9-17(24)15-20(21)22(28)25-14-13-16-7-10-19(11-8-16)33(30,31)27-23(29)26-18-5-3-2-4-6-18;1-9(2)4(7)8-3(5)6;/h7-12,15,18H,2-6,13-14H2,1H3,(H,25,28)(H2,26,27,29);1-2H3,(H5,5,6,7,8);1H. The number of methoxy groups -OCH3 is 1. The molecule has 1 aliphatic carbocycles. The Bertz CT molecular complexity index is 1360. The van der Waals surface area contributed by atoms with E-state index in [2.05, 4.69) is 20.3 Å². The Labute approximate surface area is 263 Å². The molecule has 16 heteroatoms. The van der Waals surface area contributed by atoms with Gasteiger partial charge in [0.15, 0.2) is 5.96 Å².